The number of aromatic nitrogens is 3. The van der Waals surface area contributed by atoms with Gasteiger partial charge in [0.2, 0.25) is 17.8 Å². The minimum absolute atomic E-state index is 0.0178. The van der Waals surface area contributed by atoms with E-state index in [9.17, 15) is 4.79 Å². The van der Waals surface area contributed by atoms with Gasteiger partial charge in [0.15, 0.2) is 0 Å². The number of halogens is 1. The number of anilines is 2. The quantitative estimate of drug-likeness (QED) is 0.840. The number of carbonyl (C=O) groups excluding carboxylic acids is 1. The fraction of sp³-hybridized carbons (Fsp3) is 0.471. The predicted molar refractivity (Wildman–Crippen MR) is 96.1 cm³/mol. The van der Waals surface area contributed by atoms with Crippen molar-refractivity contribution < 1.29 is 4.79 Å². The molecule has 2 N–H and O–H groups in total. The molecule has 1 aliphatic heterocycles. The Bertz CT molecular complexity index is 723. The lowest BCUT2D eigenvalue weighted by Gasteiger charge is -2.24. The molecule has 6 nitrogen and oxygen atoms in total. The van der Waals surface area contributed by atoms with Crippen LogP contribution in [0.2, 0.25) is 0 Å². The van der Waals surface area contributed by atoms with Crippen molar-refractivity contribution >= 4 is 33.7 Å². The molecule has 2 aliphatic rings. The van der Waals surface area contributed by atoms with Crippen LogP contribution in [0.1, 0.15) is 37.2 Å². The van der Waals surface area contributed by atoms with E-state index in [1.807, 2.05) is 12.1 Å². The topological polar surface area (TPSA) is 73.9 Å². The normalized spacial score (nSPS) is 23.1. The molecule has 2 atom stereocenters. The molecule has 0 bridgehead atoms. The Morgan fingerprint density at radius 2 is 1.96 bits per heavy atom. The van der Waals surface area contributed by atoms with Gasteiger partial charge in [-0.15, -0.1) is 5.10 Å². The predicted octanol–water partition coefficient (Wildman–Crippen LogP) is 3.30. The standard InChI is InChI=1S/C17H20BrN5O/c18-12-6-4-11(5-7-12)13-10-14(13)15(24)19-16-20-17(22-21-16)23-8-2-1-3-9-23/h4-7,13-14H,1-3,8-10H2,(H2,19,20,21,22,24). The van der Waals surface area contributed by atoms with Gasteiger partial charge in [0, 0.05) is 23.5 Å². The first kappa shape index (κ1) is 15.6. The SMILES string of the molecule is O=C(Nc1nc(N2CCCCC2)n[nH]1)C1CC1c1ccc(Br)cc1. The van der Waals surface area contributed by atoms with Crippen LogP contribution in [0, 0.1) is 5.92 Å². The zero-order chi connectivity index (χ0) is 16.5. The Balaban J connectivity index is 1.35. The molecule has 1 saturated carbocycles. The molecule has 1 amide bonds. The number of amides is 1. The highest BCUT2D eigenvalue weighted by Crippen LogP contribution is 2.48. The third kappa shape index (κ3) is 3.31. The second kappa shape index (κ2) is 6.55. The van der Waals surface area contributed by atoms with Gasteiger partial charge in [-0.3, -0.25) is 10.1 Å². The van der Waals surface area contributed by atoms with E-state index in [0.717, 1.165) is 24.0 Å². The van der Waals surface area contributed by atoms with Gasteiger partial charge in [0.05, 0.1) is 0 Å². The summed E-state index contributed by atoms with van der Waals surface area (Å²) in [5.74, 6) is 1.48. The van der Waals surface area contributed by atoms with Gasteiger partial charge in [0.1, 0.15) is 0 Å². The number of carbonyl (C=O) groups is 1. The number of piperidine rings is 1. The molecule has 1 aromatic heterocycles. The third-order valence-electron chi connectivity index (χ3n) is 4.78. The van der Waals surface area contributed by atoms with Crippen molar-refractivity contribution in [2.75, 3.05) is 23.3 Å². The highest BCUT2D eigenvalue weighted by molar-refractivity contribution is 9.10. The number of aromatic amines is 1. The van der Waals surface area contributed by atoms with Crippen molar-refractivity contribution in [2.45, 2.75) is 31.6 Å². The average Bonchev–Trinajstić information content (AvgIpc) is 3.28. The van der Waals surface area contributed by atoms with Crippen molar-refractivity contribution in [1.82, 2.24) is 15.2 Å². The number of rotatable bonds is 4. The van der Waals surface area contributed by atoms with E-state index in [4.69, 9.17) is 0 Å². The fourth-order valence-corrected chi connectivity index (χ4v) is 3.58. The van der Waals surface area contributed by atoms with Crippen LogP contribution in [0.5, 0.6) is 0 Å². The molecule has 2 fully saturated rings. The molecule has 4 rings (SSSR count). The summed E-state index contributed by atoms with van der Waals surface area (Å²) in [6.07, 6.45) is 4.50. The van der Waals surface area contributed by atoms with E-state index < -0.39 is 0 Å². The highest BCUT2D eigenvalue weighted by Gasteiger charge is 2.44. The monoisotopic (exact) mass is 389 g/mol. The van der Waals surface area contributed by atoms with E-state index in [1.165, 1.54) is 24.8 Å². The summed E-state index contributed by atoms with van der Waals surface area (Å²) >= 11 is 3.44. The van der Waals surface area contributed by atoms with E-state index in [0.29, 0.717) is 17.8 Å². The van der Waals surface area contributed by atoms with Crippen LogP contribution in [-0.4, -0.2) is 34.2 Å². The minimum Gasteiger partial charge on any atom is -0.340 e. The fourth-order valence-electron chi connectivity index (χ4n) is 3.32. The number of benzene rings is 1. The Labute approximate surface area is 149 Å². The third-order valence-corrected chi connectivity index (χ3v) is 5.31. The highest BCUT2D eigenvalue weighted by atomic mass is 79.9. The van der Waals surface area contributed by atoms with Crippen LogP contribution in [0.25, 0.3) is 0 Å². The van der Waals surface area contributed by atoms with Gasteiger partial charge in [-0.1, -0.05) is 28.1 Å². The molecule has 2 aromatic rings. The van der Waals surface area contributed by atoms with Crippen LogP contribution in [0.4, 0.5) is 11.9 Å². The number of hydrogen-bond acceptors (Lipinski definition) is 4. The van der Waals surface area contributed by atoms with Crippen LogP contribution in [0.15, 0.2) is 28.7 Å². The molecule has 1 saturated heterocycles. The summed E-state index contributed by atoms with van der Waals surface area (Å²) in [6, 6.07) is 8.18. The van der Waals surface area contributed by atoms with Crippen LogP contribution in [-0.2, 0) is 4.79 Å². The van der Waals surface area contributed by atoms with Crippen molar-refractivity contribution in [1.29, 1.82) is 0 Å². The summed E-state index contributed by atoms with van der Waals surface area (Å²) < 4.78 is 1.06. The molecular weight excluding hydrogens is 370 g/mol. The first-order valence-corrected chi connectivity index (χ1v) is 9.24. The number of hydrogen-bond donors (Lipinski definition) is 2. The minimum atomic E-state index is 0.0178. The largest absolute Gasteiger partial charge is 0.340 e. The summed E-state index contributed by atoms with van der Waals surface area (Å²) in [6.45, 7) is 1.97. The first-order chi connectivity index (χ1) is 11.7. The molecule has 1 aliphatic carbocycles. The smallest absolute Gasteiger partial charge is 0.246 e. The van der Waals surface area contributed by atoms with Gasteiger partial charge in [-0.2, -0.15) is 4.98 Å². The van der Waals surface area contributed by atoms with Gasteiger partial charge >= 0.3 is 0 Å². The lowest BCUT2D eigenvalue weighted by Crippen LogP contribution is -2.30. The number of nitrogens with one attached hydrogen (secondary N) is 2. The molecule has 0 radical (unpaired) electrons. The van der Waals surface area contributed by atoms with Crippen molar-refractivity contribution in [3.63, 3.8) is 0 Å². The maximum Gasteiger partial charge on any atom is 0.246 e. The molecule has 7 heteroatoms. The lowest BCUT2D eigenvalue weighted by molar-refractivity contribution is -0.117. The van der Waals surface area contributed by atoms with E-state index in [2.05, 4.69) is 53.5 Å². The van der Waals surface area contributed by atoms with Gasteiger partial charge < -0.3 is 4.90 Å². The summed E-state index contributed by atoms with van der Waals surface area (Å²) in [4.78, 5) is 19.0. The van der Waals surface area contributed by atoms with E-state index in [1.54, 1.807) is 0 Å². The van der Waals surface area contributed by atoms with E-state index in [-0.39, 0.29) is 11.8 Å². The first-order valence-electron chi connectivity index (χ1n) is 8.44. The van der Waals surface area contributed by atoms with Crippen LogP contribution in [0.3, 0.4) is 0 Å². The molecule has 0 spiro atoms. The molecule has 24 heavy (non-hydrogen) atoms. The molecule has 1 aromatic carbocycles. The maximum atomic E-state index is 12.4. The van der Waals surface area contributed by atoms with Crippen molar-refractivity contribution in [2.24, 2.45) is 5.92 Å². The average molecular weight is 390 g/mol. The second-order valence-electron chi connectivity index (χ2n) is 6.52. The molecule has 2 unspecified atom stereocenters. The number of H-pyrrole nitrogens is 1. The second-order valence-corrected chi connectivity index (χ2v) is 7.44. The molecule has 126 valence electrons. The van der Waals surface area contributed by atoms with E-state index >= 15 is 0 Å². The molecule has 2 heterocycles. The van der Waals surface area contributed by atoms with Gasteiger partial charge in [-0.25, -0.2) is 5.10 Å². The molecular formula is C17H20BrN5O. The van der Waals surface area contributed by atoms with Gasteiger partial charge in [-0.05, 0) is 49.3 Å². The summed E-state index contributed by atoms with van der Waals surface area (Å²) in [7, 11) is 0. The zero-order valence-corrected chi connectivity index (χ0v) is 14.9. The zero-order valence-electron chi connectivity index (χ0n) is 13.3. The Morgan fingerprint density at radius 3 is 2.71 bits per heavy atom. The Kier molecular flexibility index (Phi) is 4.26. The summed E-state index contributed by atoms with van der Waals surface area (Å²) in [5.41, 5.74) is 1.21. The Hall–Kier alpha value is -1.89. The van der Waals surface area contributed by atoms with Gasteiger partial charge in [0.25, 0.3) is 0 Å². The maximum absolute atomic E-state index is 12.4. The lowest BCUT2D eigenvalue weighted by atomic mass is 10.1. The van der Waals surface area contributed by atoms with Crippen molar-refractivity contribution in [3.8, 4) is 0 Å². The van der Waals surface area contributed by atoms with Crippen LogP contribution >= 0.6 is 15.9 Å². The Morgan fingerprint density at radius 1 is 1.21 bits per heavy atom. The number of nitrogens with zero attached hydrogens (tertiary/aromatic N) is 3. The summed E-state index contributed by atoms with van der Waals surface area (Å²) in [5, 5.41) is 9.94. The van der Waals surface area contributed by atoms with Crippen LogP contribution < -0.4 is 10.2 Å². The van der Waals surface area contributed by atoms with Crippen molar-refractivity contribution in [3.05, 3.63) is 34.3 Å².